The van der Waals surface area contributed by atoms with E-state index in [9.17, 15) is 23.2 Å². The molecule has 2 N–H and O–H groups in total. The molecule has 0 saturated carbocycles. The predicted octanol–water partition coefficient (Wildman–Crippen LogP) is 2.51. The molecule has 1 saturated heterocycles. The first-order valence-electron chi connectivity index (χ1n) is 11.0. The topological polar surface area (TPSA) is 109 Å². The lowest BCUT2D eigenvalue weighted by atomic mass is 9.97. The number of piperidine rings is 1. The molecule has 0 radical (unpaired) electrons. The molecule has 2 aromatic heterocycles. The highest BCUT2D eigenvalue weighted by molar-refractivity contribution is 7.22. The maximum atomic E-state index is 13.8. The Kier molecular flexibility index (Phi) is 7.15. The Balaban J connectivity index is 1.48. The number of rotatable bonds is 7. The average Bonchev–Trinajstić information content (AvgIpc) is 3.26. The van der Waals surface area contributed by atoms with Crippen LogP contribution in [0.15, 0.2) is 29.3 Å². The van der Waals surface area contributed by atoms with Gasteiger partial charge in [0.05, 0.1) is 11.6 Å². The zero-order valence-electron chi connectivity index (χ0n) is 18.5. The third-order valence-electron chi connectivity index (χ3n) is 5.50. The van der Waals surface area contributed by atoms with Crippen LogP contribution in [0, 0.1) is 17.6 Å². The largest absolute Gasteiger partial charge is 0.356 e. The first-order valence-corrected chi connectivity index (χ1v) is 11.8. The number of halogens is 2. The molecule has 180 valence electrons. The van der Waals surface area contributed by atoms with E-state index < -0.39 is 29.6 Å². The van der Waals surface area contributed by atoms with Crippen LogP contribution in [0.1, 0.15) is 26.2 Å². The molecule has 1 fully saturated rings. The standard InChI is InChI=1S/C22H24F2N6O3S/c1-2-7-25-20(32)13-4-3-8-29(10-13)22-28-19-18(34-22)21(33)30(12-26-19)11-17(31)27-16-6-5-14(23)9-15(16)24/h5-6,9,12-13H,2-4,7-8,10-11H2,1H3,(H,25,32)(H,27,31)/t13-/m1/s1. The normalized spacial score (nSPS) is 16.0. The molecule has 0 spiro atoms. The zero-order valence-corrected chi connectivity index (χ0v) is 19.3. The summed E-state index contributed by atoms with van der Waals surface area (Å²) in [6.07, 6.45) is 3.71. The van der Waals surface area contributed by atoms with Crippen LogP contribution in [0.25, 0.3) is 10.3 Å². The highest BCUT2D eigenvalue weighted by atomic mass is 32.1. The van der Waals surface area contributed by atoms with Gasteiger partial charge in [-0.25, -0.2) is 13.8 Å². The lowest BCUT2D eigenvalue weighted by molar-refractivity contribution is -0.125. The van der Waals surface area contributed by atoms with Gasteiger partial charge in [-0.3, -0.25) is 19.0 Å². The Morgan fingerprint density at radius 2 is 2.12 bits per heavy atom. The van der Waals surface area contributed by atoms with Crippen molar-refractivity contribution in [3.8, 4) is 0 Å². The van der Waals surface area contributed by atoms with Gasteiger partial charge in [-0.15, -0.1) is 0 Å². The van der Waals surface area contributed by atoms with E-state index in [2.05, 4.69) is 20.6 Å². The Morgan fingerprint density at radius 3 is 2.88 bits per heavy atom. The second kappa shape index (κ2) is 10.2. The van der Waals surface area contributed by atoms with Gasteiger partial charge in [-0.2, -0.15) is 4.98 Å². The number of fused-ring (bicyclic) bond motifs is 1. The summed E-state index contributed by atoms with van der Waals surface area (Å²) in [5.41, 5.74) is -0.363. The maximum Gasteiger partial charge on any atom is 0.273 e. The summed E-state index contributed by atoms with van der Waals surface area (Å²) in [5, 5.41) is 5.85. The van der Waals surface area contributed by atoms with Gasteiger partial charge in [-0.1, -0.05) is 18.3 Å². The number of aromatic nitrogens is 3. The lowest BCUT2D eigenvalue weighted by Crippen LogP contribution is -2.43. The Hall–Kier alpha value is -3.41. The molecule has 1 aromatic carbocycles. The second-order valence-corrected chi connectivity index (χ2v) is 9.05. The highest BCUT2D eigenvalue weighted by Gasteiger charge is 2.28. The van der Waals surface area contributed by atoms with Crippen molar-refractivity contribution in [3.05, 3.63) is 46.5 Å². The van der Waals surface area contributed by atoms with E-state index in [0.717, 1.165) is 42.5 Å². The minimum Gasteiger partial charge on any atom is -0.356 e. The molecule has 0 aliphatic carbocycles. The van der Waals surface area contributed by atoms with Crippen LogP contribution >= 0.6 is 11.3 Å². The summed E-state index contributed by atoms with van der Waals surface area (Å²) in [7, 11) is 0. The van der Waals surface area contributed by atoms with Gasteiger partial charge in [0.2, 0.25) is 11.8 Å². The Labute approximate surface area is 197 Å². The Morgan fingerprint density at radius 1 is 1.29 bits per heavy atom. The van der Waals surface area contributed by atoms with E-state index in [0.29, 0.717) is 24.3 Å². The van der Waals surface area contributed by atoms with Crippen molar-refractivity contribution in [2.45, 2.75) is 32.7 Å². The fourth-order valence-corrected chi connectivity index (χ4v) is 4.78. The van der Waals surface area contributed by atoms with Crippen LogP contribution in [0.3, 0.4) is 0 Å². The fourth-order valence-electron chi connectivity index (χ4n) is 3.78. The minimum atomic E-state index is -0.912. The van der Waals surface area contributed by atoms with E-state index in [-0.39, 0.29) is 27.9 Å². The van der Waals surface area contributed by atoms with Crippen molar-refractivity contribution < 1.29 is 18.4 Å². The van der Waals surface area contributed by atoms with Gasteiger partial charge < -0.3 is 15.5 Å². The van der Waals surface area contributed by atoms with Crippen LogP contribution in [0.2, 0.25) is 0 Å². The first-order chi connectivity index (χ1) is 16.4. The molecule has 4 rings (SSSR count). The summed E-state index contributed by atoms with van der Waals surface area (Å²) in [6, 6.07) is 2.79. The molecule has 12 heteroatoms. The summed E-state index contributed by atoms with van der Waals surface area (Å²) in [4.78, 5) is 48.3. The van der Waals surface area contributed by atoms with Gasteiger partial charge in [0.15, 0.2) is 10.8 Å². The lowest BCUT2D eigenvalue weighted by Gasteiger charge is -2.31. The number of thiazole rings is 1. The van der Waals surface area contributed by atoms with Crippen molar-refractivity contribution in [3.63, 3.8) is 0 Å². The van der Waals surface area contributed by atoms with Crippen molar-refractivity contribution in [2.24, 2.45) is 5.92 Å². The summed E-state index contributed by atoms with van der Waals surface area (Å²) < 4.78 is 28.2. The number of amides is 2. The number of carbonyl (C=O) groups is 2. The van der Waals surface area contributed by atoms with Crippen molar-refractivity contribution in [2.75, 3.05) is 29.9 Å². The van der Waals surface area contributed by atoms with Gasteiger partial charge >= 0.3 is 0 Å². The summed E-state index contributed by atoms with van der Waals surface area (Å²) in [6.45, 7) is 3.47. The van der Waals surface area contributed by atoms with E-state index in [1.165, 1.54) is 17.7 Å². The van der Waals surface area contributed by atoms with Gasteiger partial charge in [0.1, 0.15) is 29.2 Å². The quantitative estimate of drug-likeness (QED) is 0.527. The molecule has 1 atom stereocenters. The first kappa shape index (κ1) is 23.7. The van der Waals surface area contributed by atoms with Gasteiger partial charge in [0, 0.05) is 25.7 Å². The summed E-state index contributed by atoms with van der Waals surface area (Å²) in [5.74, 6) is -2.45. The molecule has 9 nitrogen and oxygen atoms in total. The number of nitrogens with zero attached hydrogens (tertiary/aromatic N) is 4. The molecular formula is C22H24F2N6O3S. The third-order valence-corrected chi connectivity index (χ3v) is 6.60. The minimum absolute atomic E-state index is 0.0248. The molecular weight excluding hydrogens is 466 g/mol. The third kappa shape index (κ3) is 5.22. The van der Waals surface area contributed by atoms with Crippen molar-refractivity contribution >= 4 is 44.3 Å². The molecule has 1 aliphatic heterocycles. The molecule has 3 aromatic rings. The van der Waals surface area contributed by atoms with Gasteiger partial charge in [0.25, 0.3) is 5.56 Å². The van der Waals surface area contributed by atoms with Crippen LogP contribution in [-0.2, 0) is 16.1 Å². The number of benzene rings is 1. The van der Waals surface area contributed by atoms with Crippen molar-refractivity contribution in [1.82, 2.24) is 19.9 Å². The second-order valence-electron chi connectivity index (χ2n) is 8.08. The number of carbonyl (C=O) groups excluding carboxylic acids is 2. The van der Waals surface area contributed by atoms with Crippen molar-refractivity contribution in [1.29, 1.82) is 0 Å². The average molecular weight is 491 g/mol. The van der Waals surface area contributed by atoms with E-state index in [4.69, 9.17) is 0 Å². The van der Waals surface area contributed by atoms with Crippen LogP contribution in [-0.4, -0.2) is 46.0 Å². The number of anilines is 2. The molecule has 0 bridgehead atoms. The number of hydrogen-bond donors (Lipinski definition) is 2. The predicted molar refractivity (Wildman–Crippen MR) is 125 cm³/mol. The molecule has 2 amide bonds. The van der Waals surface area contributed by atoms with Gasteiger partial charge in [-0.05, 0) is 31.4 Å². The maximum absolute atomic E-state index is 13.8. The van der Waals surface area contributed by atoms with E-state index >= 15 is 0 Å². The zero-order chi connectivity index (χ0) is 24.2. The van der Waals surface area contributed by atoms with E-state index in [1.807, 2.05) is 11.8 Å². The van der Waals surface area contributed by atoms with Crippen LogP contribution in [0.5, 0.6) is 0 Å². The monoisotopic (exact) mass is 490 g/mol. The fraction of sp³-hybridized carbons (Fsp3) is 0.409. The van der Waals surface area contributed by atoms with Crippen LogP contribution in [0.4, 0.5) is 19.6 Å². The molecule has 3 heterocycles. The highest BCUT2D eigenvalue weighted by Crippen LogP contribution is 2.29. The number of nitrogens with one attached hydrogen (secondary N) is 2. The van der Waals surface area contributed by atoms with Crippen LogP contribution < -0.4 is 21.1 Å². The molecule has 34 heavy (non-hydrogen) atoms. The smallest absolute Gasteiger partial charge is 0.273 e. The van der Waals surface area contributed by atoms with E-state index in [1.54, 1.807) is 0 Å². The molecule has 1 aliphatic rings. The Bertz CT molecular complexity index is 1280. The summed E-state index contributed by atoms with van der Waals surface area (Å²) >= 11 is 1.17. The SMILES string of the molecule is CCCNC(=O)[C@@H]1CCCN(c2nc3ncn(CC(=O)Nc4ccc(F)cc4F)c(=O)c3s2)C1. The molecule has 0 unspecified atom stereocenters. The number of hydrogen-bond acceptors (Lipinski definition) is 7.